The number of carbonyl (C=O) groups excluding carboxylic acids is 1. The molecule has 0 fully saturated rings. The second kappa shape index (κ2) is 9.77. The van der Waals surface area contributed by atoms with Crippen LogP contribution in [0.4, 0.5) is 4.39 Å². The maximum atomic E-state index is 14.1. The minimum Gasteiger partial charge on any atom is -0.479 e. The lowest BCUT2D eigenvalue weighted by Crippen LogP contribution is -2.48. The molecule has 0 unspecified atom stereocenters. The van der Waals surface area contributed by atoms with Crippen LogP contribution in [0.1, 0.15) is 33.3 Å². The summed E-state index contributed by atoms with van der Waals surface area (Å²) in [6.45, 7) is 6.06. The fourth-order valence-corrected chi connectivity index (χ4v) is 3.17. The zero-order valence-corrected chi connectivity index (χ0v) is 18.7. The van der Waals surface area contributed by atoms with Gasteiger partial charge in [0.2, 0.25) is 0 Å². The summed E-state index contributed by atoms with van der Waals surface area (Å²) in [5, 5.41) is 19.9. The fraction of sp³-hybridized carbons (Fsp3) is 0.391. The Morgan fingerprint density at radius 3 is 2.26 bits per heavy atom. The molecule has 6 nitrogen and oxygen atoms in total. The van der Waals surface area contributed by atoms with E-state index in [1.165, 1.54) is 30.0 Å². The lowest BCUT2D eigenvalue weighted by atomic mass is 10.0. The molecule has 0 aromatic heterocycles. The van der Waals surface area contributed by atoms with Crippen molar-refractivity contribution in [3.63, 3.8) is 0 Å². The molecule has 2 rings (SSSR count). The number of rotatable bonds is 8. The van der Waals surface area contributed by atoms with Crippen molar-refractivity contribution in [3.05, 3.63) is 58.9 Å². The number of benzene rings is 2. The summed E-state index contributed by atoms with van der Waals surface area (Å²) in [4.78, 5) is 25.1. The molecule has 168 valence electrons. The number of nitrogens with zero attached hydrogens (tertiary/aromatic N) is 1. The number of hydrogen-bond donors (Lipinski definition) is 2. The third kappa shape index (κ3) is 7.61. The molecule has 2 N–H and O–H groups in total. The molecule has 8 heteroatoms. The van der Waals surface area contributed by atoms with E-state index in [4.69, 9.17) is 16.3 Å². The molecule has 2 aromatic carbocycles. The molecule has 0 heterocycles. The number of carboxylic acid groups (broad SMARTS) is 1. The Hall–Kier alpha value is -2.48. The van der Waals surface area contributed by atoms with Gasteiger partial charge in [-0.1, -0.05) is 35.9 Å². The standard InChI is InChI=1S/C23H27ClFNO5/c1-22(2,3)31-20(27)13-26(14-23(4,30)21(28)29)12-15-5-7-16(8-6-15)18-11-17(24)9-10-19(18)25/h5-11,30H,12-14H2,1-4H3,(H,28,29)/t23-/m1/s1. The predicted molar refractivity (Wildman–Crippen MR) is 116 cm³/mol. The second-order valence-electron chi connectivity index (χ2n) is 8.63. The average Bonchev–Trinajstić information content (AvgIpc) is 2.62. The maximum Gasteiger partial charge on any atom is 0.336 e. The first-order chi connectivity index (χ1) is 14.3. The normalized spacial score (nSPS) is 13.7. The van der Waals surface area contributed by atoms with Gasteiger partial charge in [-0.2, -0.15) is 0 Å². The highest BCUT2D eigenvalue weighted by atomic mass is 35.5. The molecule has 0 aliphatic rings. The predicted octanol–water partition coefficient (Wildman–Crippen LogP) is 4.13. The van der Waals surface area contributed by atoms with Gasteiger partial charge in [-0.15, -0.1) is 0 Å². The van der Waals surface area contributed by atoms with Gasteiger partial charge in [0.1, 0.15) is 11.4 Å². The van der Waals surface area contributed by atoms with Gasteiger partial charge in [-0.25, -0.2) is 9.18 Å². The lowest BCUT2D eigenvalue weighted by Gasteiger charge is -2.29. The van der Waals surface area contributed by atoms with E-state index in [1.807, 2.05) is 0 Å². The molecular formula is C23H27ClFNO5. The van der Waals surface area contributed by atoms with E-state index in [2.05, 4.69) is 0 Å². The summed E-state index contributed by atoms with van der Waals surface area (Å²) in [7, 11) is 0. The van der Waals surface area contributed by atoms with Gasteiger partial charge in [-0.3, -0.25) is 9.69 Å². The number of carboxylic acids is 1. The highest BCUT2D eigenvalue weighted by Crippen LogP contribution is 2.26. The summed E-state index contributed by atoms with van der Waals surface area (Å²) in [6.07, 6.45) is 0. The molecule has 0 amide bonds. The van der Waals surface area contributed by atoms with Crippen LogP contribution >= 0.6 is 11.6 Å². The highest BCUT2D eigenvalue weighted by molar-refractivity contribution is 6.30. The van der Waals surface area contributed by atoms with Crippen LogP contribution in [0.25, 0.3) is 11.1 Å². The Labute approximate surface area is 186 Å². The minimum absolute atomic E-state index is 0.182. The fourth-order valence-electron chi connectivity index (χ4n) is 2.99. The molecule has 31 heavy (non-hydrogen) atoms. The van der Waals surface area contributed by atoms with Crippen molar-refractivity contribution in [2.45, 2.75) is 45.4 Å². The van der Waals surface area contributed by atoms with Crippen LogP contribution in [-0.2, 0) is 20.9 Å². The third-order valence-electron chi connectivity index (χ3n) is 4.36. The number of esters is 1. The molecule has 0 saturated heterocycles. The van der Waals surface area contributed by atoms with Gasteiger partial charge in [-0.05, 0) is 57.0 Å². The first kappa shape index (κ1) is 24.8. The Balaban J connectivity index is 2.21. The van der Waals surface area contributed by atoms with E-state index in [9.17, 15) is 24.2 Å². The Kier molecular flexibility index (Phi) is 7.81. The Morgan fingerprint density at radius 1 is 1.10 bits per heavy atom. The van der Waals surface area contributed by atoms with Gasteiger partial charge in [0.25, 0.3) is 0 Å². The molecule has 0 aliphatic carbocycles. The number of hydrogen-bond acceptors (Lipinski definition) is 5. The zero-order valence-electron chi connectivity index (χ0n) is 18.0. The van der Waals surface area contributed by atoms with Crippen molar-refractivity contribution in [1.29, 1.82) is 0 Å². The van der Waals surface area contributed by atoms with Crippen molar-refractivity contribution in [3.8, 4) is 11.1 Å². The molecule has 0 aliphatic heterocycles. The van der Waals surface area contributed by atoms with E-state index in [0.717, 1.165) is 5.56 Å². The lowest BCUT2D eigenvalue weighted by molar-refractivity contribution is -0.163. The summed E-state index contributed by atoms with van der Waals surface area (Å²) in [5.41, 5.74) is -1.01. The van der Waals surface area contributed by atoms with E-state index in [1.54, 1.807) is 45.0 Å². The maximum absolute atomic E-state index is 14.1. The van der Waals surface area contributed by atoms with Crippen molar-refractivity contribution in [2.24, 2.45) is 0 Å². The van der Waals surface area contributed by atoms with Crippen molar-refractivity contribution in [2.75, 3.05) is 13.1 Å². The van der Waals surface area contributed by atoms with Crippen LogP contribution in [0.3, 0.4) is 0 Å². The van der Waals surface area contributed by atoms with Crippen LogP contribution < -0.4 is 0 Å². The van der Waals surface area contributed by atoms with Crippen molar-refractivity contribution >= 4 is 23.5 Å². The van der Waals surface area contributed by atoms with Gasteiger partial charge in [0, 0.05) is 23.7 Å². The highest BCUT2D eigenvalue weighted by Gasteiger charge is 2.33. The average molecular weight is 452 g/mol. The third-order valence-corrected chi connectivity index (χ3v) is 4.60. The number of aliphatic hydroxyl groups is 1. The SMILES string of the molecule is CC(C)(C)OC(=O)CN(Cc1ccc(-c2cc(Cl)ccc2F)cc1)C[C@@](C)(O)C(=O)O. The number of ether oxygens (including phenoxy) is 1. The van der Waals surface area contributed by atoms with Crippen LogP contribution in [0.2, 0.25) is 5.02 Å². The summed E-state index contributed by atoms with van der Waals surface area (Å²) < 4.78 is 19.4. The molecule has 2 aromatic rings. The first-order valence-electron chi connectivity index (χ1n) is 9.71. The molecule has 1 atom stereocenters. The second-order valence-corrected chi connectivity index (χ2v) is 9.07. The summed E-state index contributed by atoms with van der Waals surface area (Å²) in [5.74, 6) is -2.33. The van der Waals surface area contributed by atoms with E-state index >= 15 is 0 Å². The van der Waals surface area contributed by atoms with Crippen LogP contribution in [0.5, 0.6) is 0 Å². The van der Waals surface area contributed by atoms with Gasteiger partial charge >= 0.3 is 11.9 Å². The number of carbonyl (C=O) groups is 2. The van der Waals surface area contributed by atoms with Crippen LogP contribution in [-0.4, -0.2) is 51.3 Å². The molecule has 0 spiro atoms. The first-order valence-corrected chi connectivity index (χ1v) is 10.1. The van der Waals surface area contributed by atoms with Gasteiger partial charge in [0.15, 0.2) is 5.60 Å². The summed E-state index contributed by atoms with van der Waals surface area (Å²) >= 11 is 5.96. The topological polar surface area (TPSA) is 87.1 Å². The van der Waals surface area contributed by atoms with Gasteiger partial charge in [0.05, 0.1) is 6.54 Å². The van der Waals surface area contributed by atoms with Gasteiger partial charge < -0.3 is 14.9 Å². The van der Waals surface area contributed by atoms with E-state index < -0.39 is 29.0 Å². The molecule has 0 radical (unpaired) electrons. The molecule has 0 saturated carbocycles. The van der Waals surface area contributed by atoms with Crippen LogP contribution in [0, 0.1) is 5.82 Å². The van der Waals surface area contributed by atoms with Crippen molar-refractivity contribution in [1.82, 2.24) is 4.90 Å². The number of halogens is 2. The van der Waals surface area contributed by atoms with Crippen molar-refractivity contribution < 1.29 is 28.9 Å². The van der Waals surface area contributed by atoms with Crippen LogP contribution in [0.15, 0.2) is 42.5 Å². The van der Waals surface area contributed by atoms with E-state index in [-0.39, 0.29) is 19.6 Å². The monoisotopic (exact) mass is 451 g/mol. The quantitative estimate of drug-likeness (QED) is 0.587. The minimum atomic E-state index is -2.05. The smallest absolute Gasteiger partial charge is 0.336 e. The van der Waals surface area contributed by atoms with E-state index in [0.29, 0.717) is 16.1 Å². The molecular weight excluding hydrogens is 425 g/mol. The Bertz CT molecular complexity index is 938. The molecule has 0 bridgehead atoms. The Morgan fingerprint density at radius 2 is 1.71 bits per heavy atom. The summed E-state index contributed by atoms with van der Waals surface area (Å²) in [6, 6.07) is 11.2. The largest absolute Gasteiger partial charge is 0.479 e. The zero-order chi connectivity index (χ0) is 23.4. The number of aliphatic carboxylic acids is 1.